The van der Waals surface area contributed by atoms with E-state index in [0.717, 1.165) is 0 Å². The third-order valence-electron chi connectivity index (χ3n) is 0.943. The maximum Gasteiger partial charge on any atom is 0.207 e. The van der Waals surface area contributed by atoms with Crippen molar-refractivity contribution < 1.29 is 14.7 Å². The fraction of sp³-hybridized carbons (Fsp3) is 0.600. The summed E-state index contributed by atoms with van der Waals surface area (Å²) in [5.74, 6) is -0.246. The van der Waals surface area contributed by atoms with Crippen LogP contribution in [0.25, 0.3) is 0 Å². The van der Waals surface area contributed by atoms with E-state index in [4.69, 9.17) is 5.11 Å². The Labute approximate surface area is 52.9 Å². The van der Waals surface area contributed by atoms with Gasteiger partial charge in [-0.25, -0.2) is 0 Å². The van der Waals surface area contributed by atoms with Gasteiger partial charge in [0.25, 0.3) is 0 Å². The van der Waals surface area contributed by atoms with Gasteiger partial charge < -0.3 is 10.4 Å². The molecular formula is C5H9NO3. The largest absolute Gasteiger partial charge is 0.394 e. The van der Waals surface area contributed by atoms with Gasteiger partial charge in [-0.1, -0.05) is 0 Å². The summed E-state index contributed by atoms with van der Waals surface area (Å²) in [5, 5.41) is 10.5. The number of rotatable bonds is 4. The van der Waals surface area contributed by atoms with Crippen molar-refractivity contribution in [2.24, 2.45) is 0 Å². The second kappa shape index (κ2) is 4.03. The summed E-state index contributed by atoms with van der Waals surface area (Å²) in [5.41, 5.74) is 0. The van der Waals surface area contributed by atoms with Gasteiger partial charge >= 0.3 is 0 Å². The molecule has 0 heterocycles. The molecule has 0 rings (SSSR count). The highest BCUT2D eigenvalue weighted by Gasteiger charge is 2.09. The summed E-state index contributed by atoms with van der Waals surface area (Å²) in [4.78, 5) is 20.1. The Hall–Kier alpha value is -0.900. The number of carbonyl (C=O) groups is 2. The predicted octanol–water partition coefficient (Wildman–Crippen LogP) is -1.32. The molecule has 0 aromatic rings. The maximum atomic E-state index is 10.4. The third-order valence-corrected chi connectivity index (χ3v) is 0.943. The van der Waals surface area contributed by atoms with Crippen molar-refractivity contribution >= 4 is 12.2 Å². The quantitative estimate of drug-likeness (QED) is 0.465. The molecule has 0 saturated carbocycles. The van der Waals surface area contributed by atoms with Crippen LogP contribution in [0.1, 0.15) is 6.92 Å². The van der Waals surface area contributed by atoms with Crippen molar-refractivity contribution in [2.75, 3.05) is 6.61 Å². The average molecular weight is 131 g/mol. The molecule has 4 heteroatoms. The van der Waals surface area contributed by atoms with E-state index in [0.29, 0.717) is 6.41 Å². The van der Waals surface area contributed by atoms with Gasteiger partial charge in [-0.15, -0.1) is 0 Å². The molecule has 52 valence electrons. The van der Waals surface area contributed by atoms with Gasteiger partial charge in [0.1, 0.15) is 6.04 Å². The van der Waals surface area contributed by atoms with E-state index in [1.165, 1.54) is 6.92 Å². The molecule has 1 atom stereocenters. The summed E-state index contributed by atoms with van der Waals surface area (Å²) in [7, 11) is 0. The van der Waals surface area contributed by atoms with Crippen LogP contribution >= 0.6 is 0 Å². The molecule has 0 fully saturated rings. The van der Waals surface area contributed by atoms with Crippen LogP contribution in [0.3, 0.4) is 0 Å². The molecule has 0 saturated heterocycles. The van der Waals surface area contributed by atoms with E-state index in [9.17, 15) is 9.59 Å². The lowest BCUT2D eigenvalue weighted by atomic mass is 10.2. The molecule has 0 aliphatic rings. The van der Waals surface area contributed by atoms with Gasteiger partial charge in [0.05, 0.1) is 6.61 Å². The average Bonchev–Trinajstić information content (AvgIpc) is 1.82. The van der Waals surface area contributed by atoms with Crippen LogP contribution in [-0.4, -0.2) is 29.9 Å². The zero-order chi connectivity index (χ0) is 7.28. The number of carbonyl (C=O) groups excluding carboxylic acids is 2. The number of nitrogens with one attached hydrogen (secondary N) is 1. The first-order valence-electron chi connectivity index (χ1n) is 2.53. The molecule has 0 spiro atoms. The van der Waals surface area contributed by atoms with E-state index in [2.05, 4.69) is 5.32 Å². The summed E-state index contributed by atoms with van der Waals surface area (Å²) in [6.07, 6.45) is 0.391. The molecule has 2 N–H and O–H groups in total. The van der Waals surface area contributed by atoms with E-state index < -0.39 is 6.04 Å². The number of Topliss-reactive ketones (excluding diaryl/α,β-unsaturated/α-hetero) is 1. The predicted molar refractivity (Wildman–Crippen MR) is 30.8 cm³/mol. The van der Waals surface area contributed by atoms with Crippen LogP contribution in [0.5, 0.6) is 0 Å². The van der Waals surface area contributed by atoms with Crippen molar-refractivity contribution in [3.8, 4) is 0 Å². The Bertz CT molecular complexity index is 113. The first-order chi connectivity index (χ1) is 4.22. The van der Waals surface area contributed by atoms with Gasteiger partial charge in [-0.05, 0) is 6.92 Å². The molecule has 0 aliphatic heterocycles. The fourth-order valence-electron chi connectivity index (χ4n) is 0.381. The molecule has 0 aromatic heterocycles. The highest BCUT2D eigenvalue weighted by molar-refractivity contribution is 5.83. The Morgan fingerprint density at radius 1 is 1.89 bits per heavy atom. The van der Waals surface area contributed by atoms with Crippen molar-refractivity contribution in [3.63, 3.8) is 0 Å². The highest BCUT2D eigenvalue weighted by Crippen LogP contribution is 1.80. The van der Waals surface area contributed by atoms with Gasteiger partial charge in [-0.3, -0.25) is 9.59 Å². The zero-order valence-corrected chi connectivity index (χ0v) is 5.13. The highest BCUT2D eigenvalue weighted by atomic mass is 16.3. The van der Waals surface area contributed by atoms with Gasteiger partial charge in [-0.2, -0.15) is 0 Å². The Balaban J connectivity index is 3.67. The molecule has 4 nitrogen and oxygen atoms in total. The van der Waals surface area contributed by atoms with E-state index >= 15 is 0 Å². The molecule has 0 bridgehead atoms. The Kier molecular flexibility index (Phi) is 3.62. The number of aliphatic hydroxyl groups excluding tert-OH is 1. The lowest BCUT2D eigenvalue weighted by Gasteiger charge is -2.06. The van der Waals surface area contributed by atoms with E-state index in [1.807, 2.05) is 0 Å². The Morgan fingerprint density at radius 3 is 2.56 bits per heavy atom. The van der Waals surface area contributed by atoms with E-state index in [-0.39, 0.29) is 12.4 Å². The summed E-state index contributed by atoms with van der Waals surface area (Å²) < 4.78 is 0. The molecule has 0 aromatic carbocycles. The lowest BCUT2D eigenvalue weighted by molar-refractivity contribution is -0.122. The second-order valence-electron chi connectivity index (χ2n) is 1.63. The minimum Gasteiger partial charge on any atom is -0.394 e. The number of aliphatic hydroxyl groups is 1. The second-order valence-corrected chi connectivity index (χ2v) is 1.63. The molecule has 1 amide bonds. The zero-order valence-electron chi connectivity index (χ0n) is 5.13. The van der Waals surface area contributed by atoms with Gasteiger partial charge in [0.15, 0.2) is 5.78 Å². The number of amides is 1. The normalized spacial score (nSPS) is 12.2. The molecule has 0 radical (unpaired) electrons. The van der Waals surface area contributed by atoms with Crippen LogP contribution < -0.4 is 5.32 Å². The summed E-state index contributed by atoms with van der Waals surface area (Å²) in [6, 6.07) is -0.734. The van der Waals surface area contributed by atoms with Crippen molar-refractivity contribution in [1.29, 1.82) is 0 Å². The molecular weight excluding hydrogens is 122 g/mol. The van der Waals surface area contributed by atoms with E-state index in [1.54, 1.807) is 0 Å². The molecule has 0 aliphatic carbocycles. The van der Waals surface area contributed by atoms with Crippen LogP contribution in [0.2, 0.25) is 0 Å². The summed E-state index contributed by atoms with van der Waals surface area (Å²) >= 11 is 0. The molecule has 9 heavy (non-hydrogen) atoms. The number of ketones is 1. The number of hydrogen-bond acceptors (Lipinski definition) is 3. The minimum absolute atomic E-state index is 0.246. The van der Waals surface area contributed by atoms with Crippen molar-refractivity contribution in [3.05, 3.63) is 0 Å². The molecule has 1 unspecified atom stereocenters. The van der Waals surface area contributed by atoms with Gasteiger partial charge in [0.2, 0.25) is 6.41 Å². The minimum atomic E-state index is -0.734. The van der Waals surface area contributed by atoms with Crippen LogP contribution in [-0.2, 0) is 9.59 Å². The SMILES string of the molecule is CC(=O)C(CO)NC=O. The first-order valence-corrected chi connectivity index (χ1v) is 2.53. The third kappa shape index (κ3) is 2.81. The topological polar surface area (TPSA) is 66.4 Å². The van der Waals surface area contributed by atoms with Crippen molar-refractivity contribution in [2.45, 2.75) is 13.0 Å². The van der Waals surface area contributed by atoms with Crippen LogP contribution in [0, 0.1) is 0 Å². The number of hydrogen-bond donors (Lipinski definition) is 2. The Morgan fingerprint density at radius 2 is 2.44 bits per heavy atom. The standard InChI is InChI=1S/C5H9NO3/c1-4(9)5(2-7)6-3-8/h3,5,7H,2H2,1H3,(H,6,8). The fourth-order valence-corrected chi connectivity index (χ4v) is 0.381. The van der Waals surface area contributed by atoms with Crippen LogP contribution in [0.15, 0.2) is 0 Å². The van der Waals surface area contributed by atoms with Gasteiger partial charge in [0, 0.05) is 0 Å². The lowest BCUT2D eigenvalue weighted by Crippen LogP contribution is -2.37. The van der Waals surface area contributed by atoms with Crippen molar-refractivity contribution in [1.82, 2.24) is 5.32 Å². The first kappa shape index (κ1) is 8.10. The smallest absolute Gasteiger partial charge is 0.207 e. The maximum absolute atomic E-state index is 10.4. The van der Waals surface area contributed by atoms with Crippen LogP contribution in [0.4, 0.5) is 0 Å². The monoisotopic (exact) mass is 131 g/mol. The summed E-state index contributed by atoms with van der Waals surface area (Å²) in [6.45, 7) is 0.964.